The molecule has 1 aromatic carbocycles. The summed E-state index contributed by atoms with van der Waals surface area (Å²) >= 11 is 0. The number of ether oxygens (including phenoxy) is 1. The van der Waals surface area contributed by atoms with Crippen LogP contribution in [0.1, 0.15) is 20.3 Å². The zero-order valence-electron chi connectivity index (χ0n) is 10.9. The molecule has 94 valence electrons. The molecule has 2 atom stereocenters. The monoisotopic (exact) mass is 234 g/mol. The number of nitrogens with zero attached hydrogens (tertiary/aromatic N) is 1. The average molecular weight is 234 g/mol. The molecule has 1 aliphatic rings. The maximum atomic E-state index is 6.10. The molecule has 1 fully saturated rings. The summed E-state index contributed by atoms with van der Waals surface area (Å²) in [5.41, 5.74) is 8.05. The van der Waals surface area contributed by atoms with E-state index in [1.807, 2.05) is 12.1 Å². The van der Waals surface area contributed by atoms with Gasteiger partial charge in [-0.3, -0.25) is 0 Å². The highest BCUT2D eigenvalue weighted by molar-refractivity contribution is 5.69. The molecule has 1 saturated heterocycles. The number of hydrogen-bond donors (Lipinski definition) is 1. The van der Waals surface area contributed by atoms with Crippen LogP contribution in [0.25, 0.3) is 0 Å². The molecule has 17 heavy (non-hydrogen) atoms. The van der Waals surface area contributed by atoms with E-state index in [1.165, 1.54) is 6.42 Å². The Morgan fingerprint density at radius 1 is 1.24 bits per heavy atom. The molecule has 1 heterocycles. The molecule has 3 heteroatoms. The third-order valence-corrected chi connectivity index (χ3v) is 3.44. The van der Waals surface area contributed by atoms with Crippen LogP contribution in [0.15, 0.2) is 18.2 Å². The van der Waals surface area contributed by atoms with E-state index < -0.39 is 0 Å². The van der Waals surface area contributed by atoms with E-state index in [0.29, 0.717) is 0 Å². The fourth-order valence-electron chi connectivity index (χ4n) is 2.81. The van der Waals surface area contributed by atoms with E-state index in [9.17, 15) is 0 Å². The van der Waals surface area contributed by atoms with E-state index in [-0.39, 0.29) is 0 Å². The molecule has 1 aliphatic heterocycles. The molecule has 0 unspecified atom stereocenters. The van der Waals surface area contributed by atoms with Crippen molar-refractivity contribution in [1.82, 2.24) is 0 Å². The van der Waals surface area contributed by atoms with Gasteiger partial charge in [0.25, 0.3) is 0 Å². The Labute approximate surface area is 104 Å². The Morgan fingerprint density at radius 2 is 1.88 bits per heavy atom. The Hall–Kier alpha value is -1.38. The second kappa shape index (κ2) is 4.86. The van der Waals surface area contributed by atoms with Crippen LogP contribution in [0.5, 0.6) is 5.75 Å². The van der Waals surface area contributed by atoms with Gasteiger partial charge in [-0.15, -0.1) is 0 Å². The van der Waals surface area contributed by atoms with Gasteiger partial charge in [-0.05, 0) is 30.4 Å². The molecule has 0 aliphatic carbocycles. The van der Waals surface area contributed by atoms with Crippen molar-refractivity contribution in [3.63, 3.8) is 0 Å². The molecule has 3 nitrogen and oxygen atoms in total. The zero-order chi connectivity index (χ0) is 12.4. The molecule has 0 bridgehead atoms. The Bertz CT molecular complexity index is 382. The van der Waals surface area contributed by atoms with Crippen molar-refractivity contribution in [1.29, 1.82) is 0 Å². The van der Waals surface area contributed by atoms with Gasteiger partial charge in [0.15, 0.2) is 0 Å². The molecule has 0 amide bonds. The molecule has 0 saturated carbocycles. The van der Waals surface area contributed by atoms with Crippen molar-refractivity contribution in [3.05, 3.63) is 18.2 Å². The summed E-state index contributed by atoms with van der Waals surface area (Å²) in [7, 11) is 1.67. The molecule has 2 rings (SSSR count). The van der Waals surface area contributed by atoms with Crippen molar-refractivity contribution in [2.24, 2.45) is 11.8 Å². The van der Waals surface area contributed by atoms with Crippen LogP contribution in [0.3, 0.4) is 0 Å². The highest BCUT2D eigenvalue weighted by Crippen LogP contribution is 2.32. The maximum absolute atomic E-state index is 6.10. The molecular weight excluding hydrogens is 212 g/mol. The summed E-state index contributed by atoms with van der Waals surface area (Å²) < 4.78 is 5.18. The standard InChI is InChI=1S/C14H22N2O/c1-10-6-11(2)9-16(8-10)14-5-4-12(17-3)7-13(14)15/h4-5,7,10-11H,6,8-9,15H2,1-3H3/t10-,11-/m1/s1. The summed E-state index contributed by atoms with van der Waals surface area (Å²) in [6.45, 7) is 6.81. The van der Waals surface area contributed by atoms with Gasteiger partial charge in [0, 0.05) is 19.2 Å². The fraction of sp³-hybridized carbons (Fsp3) is 0.571. The van der Waals surface area contributed by atoms with Gasteiger partial charge in [0.2, 0.25) is 0 Å². The summed E-state index contributed by atoms with van der Waals surface area (Å²) in [6.07, 6.45) is 1.31. The minimum atomic E-state index is 0.736. The molecule has 0 radical (unpaired) electrons. The van der Waals surface area contributed by atoms with Gasteiger partial charge in [0.05, 0.1) is 18.5 Å². The van der Waals surface area contributed by atoms with Gasteiger partial charge in [-0.25, -0.2) is 0 Å². The molecule has 0 aromatic heterocycles. The first-order valence-corrected chi connectivity index (χ1v) is 6.28. The summed E-state index contributed by atoms with van der Waals surface area (Å²) in [5.74, 6) is 2.30. The number of nitrogens with two attached hydrogens (primary N) is 1. The first-order valence-electron chi connectivity index (χ1n) is 6.28. The van der Waals surface area contributed by atoms with Crippen molar-refractivity contribution >= 4 is 11.4 Å². The quantitative estimate of drug-likeness (QED) is 0.800. The largest absolute Gasteiger partial charge is 0.497 e. The van der Waals surface area contributed by atoms with Crippen molar-refractivity contribution in [2.45, 2.75) is 20.3 Å². The highest BCUT2D eigenvalue weighted by Gasteiger charge is 2.23. The number of hydrogen-bond acceptors (Lipinski definition) is 3. The number of piperidine rings is 1. The van der Waals surface area contributed by atoms with E-state index in [0.717, 1.165) is 42.0 Å². The number of anilines is 2. The summed E-state index contributed by atoms with van der Waals surface area (Å²) in [5, 5.41) is 0. The minimum Gasteiger partial charge on any atom is -0.497 e. The number of nitrogen functional groups attached to an aromatic ring is 1. The lowest BCUT2D eigenvalue weighted by molar-refractivity contribution is 0.357. The molecule has 2 N–H and O–H groups in total. The fourth-order valence-corrected chi connectivity index (χ4v) is 2.81. The van der Waals surface area contributed by atoms with Crippen molar-refractivity contribution in [3.8, 4) is 5.75 Å². The summed E-state index contributed by atoms with van der Waals surface area (Å²) in [6, 6.07) is 5.95. The lowest BCUT2D eigenvalue weighted by atomic mass is 9.91. The van der Waals surface area contributed by atoms with E-state index in [4.69, 9.17) is 10.5 Å². The second-order valence-electron chi connectivity index (χ2n) is 5.28. The van der Waals surface area contributed by atoms with E-state index in [1.54, 1.807) is 7.11 Å². The van der Waals surface area contributed by atoms with Crippen molar-refractivity contribution < 1.29 is 4.74 Å². The van der Waals surface area contributed by atoms with Gasteiger partial charge in [-0.1, -0.05) is 13.8 Å². The van der Waals surface area contributed by atoms with E-state index in [2.05, 4.69) is 24.8 Å². The third-order valence-electron chi connectivity index (χ3n) is 3.44. The Kier molecular flexibility index (Phi) is 3.46. The first kappa shape index (κ1) is 12.1. The lowest BCUT2D eigenvalue weighted by Gasteiger charge is -2.37. The first-order chi connectivity index (χ1) is 8.10. The van der Waals surface area contributed by atoms with Crippen LogP contribution in [-0.4, -0.2) is 20.2 Å². The van der Waals surface area contributed by atoms with Crippen LogP contribution in [-0.2, 0) is 0 Å². The SMILES string of the molecule is COc1ccc(N2C[C@H](C)C[C@@H](C)C2)c(N)c1. The lowest BCUT2D eigenvalue weighted by Crippen LogP contribution is -2.39. The topological polar surface area (TPSA) is 38.5 Å². The Balaban J connectivity index is 2.21. The van der Waals surface area contributed by atoms with E-state index >= 15 is 0 Å². The number of rotatable bonds is 2. The van der Waals surface area contributed by atoms with Gasteiger partial charge in [0.1, 0.15) is 5.75 Å². The minimum absolute atomic E-state index is 0.736. The normalized spacial score (nSPS) is 24.8. The predicted octanol–water partition coefficient (Wildman–Crippen LogP) is 2.76. The third kappa shape index (κ3) is 2.65. The number of methoxy groups -OCH3 is 1. The van der Waals surface area contributed by atoms with Crippen LogP contribution in [0.2, 0.25) is 0 Å². The predicted molar refractivity (Wildman–Crippen MR) is 72.6 cm³/mol. The van der Waals surface area contributed by atoms with Crippen LogP contribution < -0.4 is 15.4 Å². The average Bonchev–Trinajstić information content (AvgIpc) is 2.27. The maximum Gasteiger partial charge on any atom is 0.121 e. The summed E-state index contributed by atoms with van der Waals surface area (Å²) in [4.78, 5) is 2.40. The van der Waals surface area contributed by atoms with Gasteiger partial charge in [-0.2, -0.15) is 0 Å². The smallest absolute Gasteiger partial charge is 0.121 e. The van der Waals surface area contributed by atoms with Crippen LogP contribution in [0, 0.1) is 11.8 Å². The zero-order valence-corrected chi connectivity index (χ0v) is 10.9. The number of benzene rings is 1. The molecule has 0 spiro atoms. The van der Waals surface area contributed by atoms with Gasteiger partial charge < -0.3 is 15.4 Å². The second-order valence-corrected chi connectivity index (χ2v) is 5.28. The van der Waals surface area contributed by atoms with Gasteiger partial charge >= 0.3 is 0 Å². The van der Waals surface area contributed by atoms with Crippen LogP contribution in [0.4, 0.5) is 11.4 Å². The van der Waals surface area contributed by atoms with Crippen molar-refractivity contribution in [2.75, 3.05) is 30.8 Å². The molecule has 1 aromatic rings. The molecular formula is C14H22N2O. The highest BCUT2D eigenvalue weighted by atomic mass is 16.5. The Morgan fingerprint density at radius 3 is 2.41 bits per heavy atom. The van der Waals surface area contributed by atoms with Crippen LogP contribution >= 0.6 is 0 Å².